The number of benzene rings is 2. The van der Waals surface area contributed by atoms with E-state index in [4.69, 9.17) is 9.98 Å². The van der Waals surface area contributed by atoms with Crippen LogP contribution in [0.2, 0.25) is 0 Å². The molecule has 0 fully saturated rings. The van der Waals surface area contributed by atoms with Gasteiger partial charge in [0.25, 0.3) is 0 Å². The van der Waals surface area contributed by atoms with Crippen molar-refractivity contribution in [2.75, 3.05) is 10.6 Å². The van der Waals surface area contributed by atoms with Gasteiger partial charge >= 0.3 is 0 Å². The van der Waals surface area contributed by atoms with Gasteiger partial charge in [0.1, 0.15) is 12.4 Å². The van der Waals surface area contributed by atoms with Crippen LogP contribution in [-0.4, -0.2) is 12.4 Å². The highest BCUT2D eigenvalue weighted by molar-refractivity contribution is 6.02. The van der Waals surface area contributed by atoms with Crippen molar-refractivity contribution in [1.29, 1.82) is 0 Å². The largest absolute Gasteiger partial charge is 0.354 e. The number of nitrogens with zero attached hydrogens (tertiary/aromatic N) is 4. The number of hydrogen-bond acceptors (Lipinski definition) is 4. The van der Waals surface area contributed by atoms with E-state index in [1.54, 1.807) is 0 Å². The fourth-order valence-electron chi connectivity index (χ4n) is 4.80. The molecule has 40 heavy (non-hydrogen) atoms. The van der Waals surface area contributed by atoms with Crippen LogP contribution in [0.5, 0.6) is 0 Å². The van der Waals surface area contributed by atoms with Crippen LogP contribution in [0.3, 0.4) is 0 Å². The van der Waals surface area contributed by atoms with E-state index in [0.29, 0.717) is 0 Å². The summed E-state index contributed by atoms with van der Waals surface area (Å²) in [6.07, 6.45) is 16.2. The number of aliphatic imine (C=N–C) groups is 2. The highest BCUT2D eigenvalue weighted by Gasteiger charge is 2.14. The van der Waals surface area contributed by atoms with Crippen LogP contribution in [0.4, 0.5) is 22.7 Å². The molecule has 1 aliphatic rings. The number of pyridine rings is 2. The lowest BCUT2D eigenvalue weighted by atomic mass is 10.2. The molecule has 2 N–H and O–H groups in total. The maximum absolute atomic E-state index is 4.97. The van der Waals surface area contributed by atoms with Crippen molar-refractivity contribution in [3.63, 3.8) is 0 Å². The van der Waals surface area contributed by atoms with Gasteiger partial charge in [-0.15, -0.1) is 0 Å². The SMILES string of the molecule is Cc1ccc2c(c1)N=C/C([n+]1cc(C)cc(C)c1)=C\Nc1cc(C)ccc1N=C/C([n+]1cc(C)cc(C)c1)=C\N2. The third kappa shape index (κ3) is 6.41. The third-order valence-corrected chi connectivity index (χ3v) is 6.61. The average molecular weight is 529 g/mol. The number of fused-ring (bicyclic) bond motifs is 2. The molecule has 0 bridgehead atoms. The van der Waals surface area contributed by atoms with E-state index in [0.717, 1.165) is 45.3 Å². The second-order valence-electron chi connectivity index (χ2n) is 10.6. The first-order chi connectivity index (χ1) is 19.2. The van der Waals surface area contributed by atoms with Crippen molar-refractivity contribution in [3.05, 3.63) is 119 Å². The molecule has 0 unspecified atom stereocenters. The van der Waals surface area contributed by atoms with E-state index in [2.05, 4.69) is 129 Å². The van der Waals surface area contributed by atoms with Gasteiger partial charge in [-0.3, -0.25) is 0 Å². The lowest BCUT2D eigenvalue weighted by Gasteiger charge is -2.10. The smallest absolute Gasteiger partial charge is 0.245 e. The maximum atomic E-state index is 4.97. The summed E-state index contributed by atoms with van der Waals surface area (Å²) in [5.41, 5.74) is 12.3. The van der Waals surface area contributed by atoms with E-state index in [-0.39, 0.29) is 0 Å². The van der Waals surface area contributed by atoms with Crippen molar-refractivity contribution >= 4 is 46.6 Å². The van der Waals surface area contributed by atoms with Crippen LogP contribution in [0.25, 0.3) is 11.4 Å². The van der Waals surface area contributed by atoms with Crippen LogP contribution in [0.1, 0.15) is 33.4 Å². The standard InChI is InChI=1S/C34H36N6/c1-23-7-9-31-33(13-23)37-17-30(40-21-27(5)12-28(6)22-40)18-38-34-14-24(2)8-10-32(34)36-16-29(15-35-31)39-19-25(3)11-26(4)20-39/h7-22,35,38H,1-6H3/q+2/b29-15+,30-18+,36-16?,37-17?. The summed E-state index contributed by atoms with van der Waals surface area (Å²) in [7, 11) is 0. The summed E-state index contributed by atoms with van der Waals surface area (Å²) >= 11 is 0. The molecule has 6 nitrogen and oxygen atoms in total. The van der Waals surface area contributed by atoms with Gasteiger partial charge in [-0.1, -0.05) is 12.1 Å². The number of aryl methyl sites for hydroxylation is 6. The first-order valence-corrected chi connectivity index (χ1v) is 13.5. The summed E-state index contributed by atoms with van der Waals surface area (Å²) in [6, 6.07) is 16.8. The molecule has 6 heteroatoms. The number of nitrogens with one attached hydrogen (secondary N) is 2. The van der Waals surface area contributed by atoms with Crippen molar-refractivity contribution in [2.24, 2.45) is 9.98 Å². The van der Waals surface area contributed by atoms with Crippen LogP contribution in [0.15, 0.2) is 95.7 Å². The molecule has 0 aliphatic carbocycles. The van der Waals surface area contributed by atoms with Crippen LogP contribution in [-0.2, 0) is 0 Å². The van der Waals surface area contributed by atoms with Crippen molar-refractivity contribution in [1.82, 2.24) is 0 Å². The molecule has 0 radical (unpaired) electrons. The Morgan fingerprint density at radius 1 is 0.475 bits per heavy atom. The number of aromatic nitrogens is 2. The molecular weight excluding hydrogens is 492 g/mol. The first kappa shape index (κ1) is 26.8. The second kappa shape index (κ2) is 11.5. The van der Waals surface area contributed by atoms with E-state index in [1.807, 2.05) is 30.9 Å². The van der Waals surface area contributed by atoms with Crippen LogP contribution in [0, 0.1) is 41.5 Å². The van der Waals surface area contributed by atoms with Crippen molar-refractivity contribution in [3.8, 4) is 0 Å². The van der Waals surface area contributed by atoms with Gasteiger partial charge in [0, 0.05) is 22.3 Å². The Balaban J connectivity index is 1.69. The van der Waals surface area contributed by atoms with Gasteiger partial charge in [-0.2, -0.15) is 9.13 Å². The van der Waals surface area contributed by atoms with Gasteiger partial charge in [-0.05, 0) is 89.1 Å². The Morgan fingerprint density at radius 2 is 0.950 bits per heavy atom. The summed E-state index contributed by atoms with van der Waals surface area (Å²) in [6.45, 7) is 12.6. The second-order valence-corrected chi connectivity index (χ2v) is 10.6. The number of anilines is 2. The number of rotatable bonds is 2. The number of allylic oxidation sites excluding steroid dienone is 2. The molecule has 4 aromatic rings. The van der Waals surface area contributed by atoms with E-state index >= 15 is 0 Å². The fourth-order valence-corrected chi connectivity index (χ4v) is 4.80. The number of hydrogen-bond donors (Lipinski definition) is 2. The third-order valence-electron chi connectivity index (χ3n) is 6.61. The Labute approximate surface area is 236 Å². The minimum absolute atomic E-state index is 0.840. The molecule has 2 aromatic heterocycles. The quantitative estimate of drug-likeness (QED) is 0.274. The lowest BCUT2D eigenvalue weighted by Crippen LogP contribution is -2.34. The summed E-state index contributed by atoms with van der Waals surface area (Å²) in [4.78, 5) is 9.91. The maximum Gasteiger partial charge on any atom is 0.245 e. The average Bonchev–Trinajstić information content (AvgIpc) is 2.89. The monoisotopic (exact) mass is 528 g/mol. The molecular formula is C34H36N6+2. The summed E-state index contributed by atoms with van der Waals surface area (Å²) in [5.74, 6) is 0. The highest BCUT2D eigenvalue weighted by atomic mass is 15.0. The lowest BCUT2D eigenvalue weighted by molar-refractivity contribution is -0.576. The van der Waals surface area contributed by atoms with Gasteiger partial charge in [0.2, 0.25) is 11.4 Å². The minimum Gasteiger partial charge on any atom is -0.354 e. The molecule has 3 heterocycles. The van der Waals surface area contributed by atoms with Gasteiger partial charge in [-0.25, -0.2) is 9.98 Å². The highest BCUT2D eigenvalue weighted by Crippen LogP contribution is 2.28. The Bertz CT molecular complexity index is 1670. The van der Waals surface area contributed by atoms with Crippen LogP contribution < -0.4 is 19.8 Å². The van der Waals surface area contributed by atoms with Gasteiger partial charge < -0.3 is 10.6 Å². The Kier molecular flexibility index (Phi) is 7.69. The first-order valence-electron chi connectivity index (χ1n) is 13.5. The Morgan fingerprint density at radius 3 is 1.52 bits per heavy atom. The van der Waals surface area contributed by atoms with E-state index < -0.39 is 0 Å². The fraction of sp³-hybridized carbons (Fsp3) is 0.176. The molecule has 1 aliphatic heterocycles. The minimum atomic E-state index is 0.840. The molecule has 0 amide bonds. The van der Waals surface area contributed by atoms with Crippen molar-refractivity contribution in [2.45, 2.75) is 41.5 Å². The predicted molar refractivity (Wildman–Crippen MR) is 167 cm³/mol. The van der Waals surface area contributed by atoms with Gasteiger partial charge in [0.15, 0.2) is 24.8 Å². The Hall–Kier alpha value is -4.84. The molecule has 5 rings (SSSR count). The normalized spacial score (nSPS) is 15.8. The molecule has 0 spiro atoms. The summed E-state index contributed by atoms with van der Waals surface area (Å²) in [5, 5.41) is 7.03. The zero-order valence-corrected chi connectivity index (χ0v) is 24.0. The van der Waals surface area contributed by atoms with Crippen molar-refractivity contribution < 1.29 is 9.13 Å². The van der Waals surface area contributed by atoms with E-state index in [9.17, 15) is 0 Å². The zero-order chi connectivity index (χ0) is 28.2. The van der Waals surface area contributed by atoms with Crippen LogP contribution >= 0.6 is 0 Å². The molecule has 0 atom stereocenters. The molecule has 0 saturated heterocycles. The summed E-state index contributed by atoms with van der Waals surface area (Å²) < 4.78 is 4.20. The molecule has 2 aromatic carbocycles. The van der Waals surface area contributed by atoms with Gasteiger partial charge in [0.05, 0.1) is 35.1 Å². The predicted octanol–water partition coefficient (Wildman–Crippen LogP) is 7.05. The topological polar surface area (TPSA) is 56.5 Å². The van der Waals surface area contributed by atoms with E-state index in [1.165, 1.54) is 22.3 Å². The molecule has 0 saturated carbocycles. The molecule has 200 valence electrons. The zero-order valence-electron chi connectivity index (χ0n) is 24.0.